The molecule has 0 spiro atoms. The minimum atomic E-state index is -0.249. The molecule has 0 aliphatic rings. The molecule has 0 aliphatic carbocycles. The van der Waals surface area contributed by atoms with Crippen LogP contribution in [0.4, 0.5) is 4.79 Å². The number of carbonyl (C=O) groups excluding carboxylic acids is 1. The van der Waals surface area contributed by atoms with Crippen molar-refractivity contribution in [3.8, 4) is 0 Å². The standard InChI is InChI=1S/C11H15BrN2O2/c12-10-4-2-1-3-9(10)5-6-13-11(16)14-7-8-15/h1-4,15H,5-8H2,(H2,13,14,16). The van der Waals surface area contributed by atoms with E-state index in [9.17, 15) is 4.79 Å². The summed E-state index contributed by atoms with van der Waals surface area (Å²) < 4.78 is 1.05. The minimum absolute atomic E-state index is 0.0440. The molecular weight excluding hydrogens is 272 g/mol. The first-order valence-electron chi connectivity index (χ1n) is 5.10. The molecule has 16 heavy (non-hydrogen) atoms. The zero-order chi connectivity index (χ0) is 11.8. The number of benzene rings is 1. The maximum Gasteiger partial charge on any atom is 0.314 e. The number of hydrogen-bond acceptors (Lipinski definition) is 2. The molecule has 1 rings (SSSR count). The third kappa shape index (κ3) is 4.63. The first-order valence-corrected chi connectivity index (χ1v) is 5.89. The van der Waals surface area contributed by atoms with Crippen molar-refractivity contribution < 1.29 is 9.90 Å². The first-order chi connectivity index (χ1) is 7.74. The van der Waals surface area contributed by atoms with Crippen LogP contribution in [-0.2, 0) is 6.42 Å². The van der Waals surface area contributed by atoms with Crippen LogP contribution in [0.15, 0.2) is 28.7 Å². The molecule has 1 aromatic carbocycles. The molecule has 1 aromatic rings. The van der Waals surface area contributed by atoms with Crippen molar-refractivity contribution >= 4 is 22.0 Å². The molecule has 5 heteroatoms. The molecule has 4 nitrogen and oxygen atoms in total. The van der Waals surface area contributed by atoms with E-state index >= 15 is 0 Å². The largest absolute Gasteiger partial charge is 0.395 e. The van der Waals surface area contributed by atoms with E-state index < -0.39 is 0 Å². The molecular formula is C11H15BrN2O2. The van der Waals surface area contributed by atoms with Gasteiger partial charge in [0.25, 0.3) is 0 Å². The number of urea groups is 1. The number of nitrogens with one attached hydrogen (secondary N) is 2. The maximum absolute atomic E-state index is 11.1. The van der Waals surface area contributed by atoms with E-state index in [2.05, 4.69) is 26.6 Å². The molecule has 0 saturated carbocycles. The second kappa shape index (κ2) is 7.24. The minimum Gasteiger partial charge on any atom is -0.395 e. The van der Waals surface area contributed by atoms with Crippen molar-refractivity contribution in [1.29, 1.82) is 0 Å². The van der Waals surface area contributed by atoms with Gasteiger partial charge in [-0.05, 0) is 18.1 Å². The second-order valence-corrected chi connectivity index (χ2v) is 4.10. The van der Waals surface area contributed by atoms with E-state index in [0.717, 1.165) is 16.5 Å². The Morgan fingerprint density at radius 3 is 2.62 bits per heavy atom. The highest BCUT2D eigenvalue weighted by Crippen LogP contribution is 2.15. The van der Waals surface area contributed by atoms with Gasteiger partial charge in [-0.15, -0.1) is 0 Å². The summed E-state index contributed by atoms with van der Waals surface area (Å²) in [6, 6.07) is 7.65. The Kier molecular flexibility index (Phi) is 5.88. The summed E-state index contributed by atoms with van der Waals surface area (Å²) in [4.78, 5) is 11.1. The van der Waals surface area contributed by atoms with Gasteiger partial charge >= 0.3 is 6.03 Å². The van der Waals surface area contributed by atoms with Gasteiger partial charge in [0.2, 0.25) is 0 Å². The van der Waals surface area contributed by atoms with Crippen LogP contribution in [0.25, 0.3) is 0 Å². The summed E-state index contributed by atoms with van der Waals surface area (Å²) in [5.74, 6) is 0. The highest BCUT2D eigenvalue weighted by Gasteiger charge is 2.00. The lowest BCUT2D eigenvalue weighted by Gasteiger charge is -2.07. The number of aliphatic hydroxyl groups excluding tert-OH is 1. The Balaban J connectivity index is 2.25. The van der Waals surface area contributed by atoms with Gasteiger partial charge in [-0.1, -0.05) is 34.1 Å². The van der Waals surface area contributed by atoms with E-state index in [1.54, 1.807) is 0 Å². The lowest BCUT2D eigenvalue weighted by Crippen LogP contribution is -2.37. The zero-order valence-electron chi connectivity index (χ0n) is 8.87. The number of carbonyl (C=O) groups is 1. The number of amides is 2. The van der Waals surface area contributed by atoms with Gasteiger partial charge in [0.05, 0.1) is 6.61 Å². The Morgan fingerprint density at radius 1 is 1.25 bits per heavy atom. The van der Waals surface area contributed by atoms with Crippen molar-refractivity contribution in [3.05, 3.63) is 34.3 Å². The Morgan fingerprint density at radius 2 is 1.94 bits per heavy atom. The highest BCUT2D eigenvalue weighted by atomic mass is 79.9. The lowest BCUT2D eigenvalue weighted by molar-refractivity contribution is 0.234. The topological polar surface area (TPSA) is 61.4 Å². The van der Waals surface area contributed by atoms with Gasteiger partial charge < -0.3 is 15.7 Å². The number of hydrogen-bond donors (Lipinski definition) is 3. The second-order valence-electron chi connectivity index (χ2n) is 3.25. The van der Waals surface area contributed by atoms with Crippen molar-refractivity contribution in [2.75, 3.05) is 19.7 Å². The lowest BCUT2D eigenvalue weighted by atomic mass is 10.1. The van der Waals surface area contributed by atoms with E-state index in [-0.39, 0.29) is 19.2 Å². The van der Waals surface area contributed by atoms with Crippen LogP contribution in [0.3, 0.4) is 0 Å². The van der Waals surface area contributed by atoms with Gasteiger partial charge in [-0.3, -0.25) is 0 Å². The molecule has 0 heterocycles. The van der Waals surface area contributed by atoms with Crippen LogP contribution in [0.1, 0.15) is 5.56 Å². The average Bonchev–Trinajstić information content (AvgIpc) is 2.29. The molecule has 0 radical (unpaired) electrons. The van der Waals surface area contributed by atoms with Crippen LogP contribution >= 0.6 is 15.9 Å². The zero-order valence-corrected chi connectivity index (χ0v) is 10.5. The fourth-order valence-corrected chi connectivity index (χ4v) is 1.73. The monoisotopic (exact) mass is 286 g/mol. The first kappa shape index (κ1) is 13.0. The number of rotatable bonds is 5. The van der Waals surface area contributed by atoms with Crippen LogP contribution in [0.2, 0.25) is 0 Å². The number of halogens is 1. The Labute approximate surface area is 103 Å². The van der Waals surface area contributed by atoms with Gasteiger partial charge in [-0.25, -0.2) is 4.79 Å². The van der Waals surface area contributed by atoms with E-state index in [1.165, 1.54) is 0 Å². The molecule has 3 N–H and O–H groups in total. The average molecular weight is 287 g/mol. The normalized spacial score (nSPS) is 9.88. The predicted octanol–water partition coefficient (Wildman–Crippen LogP) is 1.28. The molecule has 88 valence electrons. The smallest absolute Gasteiger partial charge is 0.314 e. The molecule has 0 unspecified atom stereocenters. The van der Waals surface area contributed by atoms with Crippen molar-refractivity contribution in [2.45, 2.75) is 6.42 Å². The Bertz CT molecular complexity index is 345. The molecule has 0 fully saturated rings. The SMILES string of the molecule is O=C(NCCO)NCCc1ccccc1Br. The van der Waals surface area contributed by atoms with Gasteiger partial charge in [0.1, 0.15) is 0 Å². The van der Waals surface area contributed by atoms with Crippen LogP contribution < -0.4 is 10.6 Å². The van der Waals surface area contributed by atoms with E-state index in [1.807, 2.05) is 24.3 Å². The molecule has 0 aliphatic heterocycles. The fourth-order valence-electron chi connectivity index (χ4n) is 1.24. The predicted molar refractivity (Wildman–Crippen MR) is 66.3 cm³/mol. The van der Waals surface area contributed by atoms with Gasteiger partial charge in [-0.2, -0.15) is 0 Å². The highest BCUT2D eigenvalue weighted by molar-refractivity contribution is 9.10. The maximum atomic E-state index is 11.1. The quantitative estimate of drug-likeness (QED) is 0.764. The van der Waals surface area contributed by atoms with Crippen LogP contribution in [-0.4, -0.2) is 30.8 Å². The van der Waals surface area contributed by atoms with E-state index in [0.29, 0.717) is 6.54 Å². The molecule has 0 aromatic heterocycles. The summed E-state index contributed by atoms with van der Waals surface area (Å²) in [6.07, 6.45) is 0.772. The summed E-state index contributed by atoms with van der Waals surface area (Å²) in [7, 11) is 0. The summed E-state index contributed by atoms with van der Waals surface area (Å²) in [5, 5.41) is 13.7. The van der Waals surface area contributed by atoms with Crippen LogP contribution in [0, 0.1) is 0 Å². The van der Waals surface area contributed by atoms with Crippen LogP contribution in [0.5, 0.6) is 0 Å². The molecule has 2 amide bonds. The summed E-state index contributed by atoms with van der Waals surface area (Å²) in [6.45, 7) is 0.804. The van der Waals surface area contributed by atoms with Crippen molar-refractivity contribution in [2.24, 2.45) is 0 Å². The molecule has 0 saturated heterocycles. The number of aliphatic hydroxyl groups is 1. The molecule has 0 atom stereocenters. The summed E-state index contributed by atoms with van der Waals surface area (Å²) in [5.41, 5.74) is 1.16. The fraction of sp³-hybridized carbons (Fsp3) is 0.364. The summed E-state index contributed by atoms with van der Waals surface area (Å²) >= 11 is 3.44. The van der Waals surface area contributed by atoms with Gasteiger partial charge in [0.15, 0.2) is 0 Å². The van der Waals surface area contributed by atoms with E-state index in [4.69, 9.17) is 5.11 Å². The third-order valence-corrected chi connectivity index (χ3v) is 2.81. The third-order valence-electron chi connectivity index (χ3n) is 2.04. The van der Waals surface area contributed by atoms with Crippen molar-refractivity contribution in [3.63, 3.8) is 0 Å². The molecule has 0 bridgehead atoms. The Hall–Kier alpha value is -1.07. The van der Waals surface area contributed by atoms with Crippen molar-refractivity contribution in [1.82, 2.24) is 10.6 Å². The van der Waals surface area contributed by atoms with Gasteiger partial charge in [0, 0.05) is 17.6 Å².